The number of hydrogen-bond donors (Lipinski definition) is 2. The van der Waals surface area contributed by atoms with E-state index in [0.717, 1.165) is 5.56 Å². The Labute approximate surface area is 148 Å². The van der Waals surface area contributed by atoms with Crippen molar-refractivity contribution in [3.8, 4) is 0 Å². The Morgan fingerprint density at radius 3 is 2.36 bits per heavy atom. The molecule has 25 heavy (non-hydrogen) atoms. The summed E-state index contributed by atoms with van der Waals surface area (Å²) < 4.78 is 32.1. The van der Waals surface area contributed by atoms with Gasteiger partial charge in [0.2, 0.25) is 15.9 Å². The first-order valence-electron chi connectivity index (χ1n) is 8.08. The number of benzene rings is 1. The van der Waals surface area contributed by atoms with Gasteiger partial charge in [-0.15, -0.1) is 0 Å². The van der Waals surface area contributed by atoms with Gasteiger partial charge in [-0.2, -0.15) is 0 Å². The average Bonchev–Trinajstić information content (AvgIpc) is 3.05. The smallest absolute Gasteiger partial charge is 0.240 e. The van der Waals surface area contributed by atoms with Gasteiger partial charge in [0.15, 0.2) is 0 Å². The highest BCUT2D eigenvalue weighted by Gasteiger charge is 2.17. The number of nitrogens with one attached hydrogen (secondary N) is 2. The summed E-state index contributed by atoms with van der Waals surface area (Å²) >= 11 is 0. The Bertz CT molecular complexity index is 789. The van der Waals surface area contributed by atoms with Gasteiger partial charge >= 0.3 is 0 Å². The van der Waals surface area contributed by atoms with E-state index < -0.39 is 10.0 Å². The molecule has 0 saturated heterocycles. The van der Waals surface area contributed by atoms with Crippen molar-refractivity contribution in [1.29, 1.82) is 0 Å². The van der Waals surface area contributed by atoms with Crippen molar-refractivity contribution < 1.29 is 17.6 Å². The van der Waals surface area contributed by atoms with Crippen LogP contribution in [0, 0.1) is 0 Å². The Balaban J connectivity index is 1.83. The summed E-state index contributed by atoms with van der Waals surface area (Å²) in [6.45, 7) is 6.52. The third-order valence-corrected chi connectivity index (χ3v) is 5.19. The fourth-order valence-electron chi connectivity index (χ4n) is 2.20. The van der Waals surface area contributed by atoms with Crippen LogP contribution >= 0.6 is 0 Å². The first kappa shape index (κ1) is 19.2. The third-order valence-electron chi connectivity index (χ3n) is 3.71. The Kier molecular flexibility index (Phi) is 6.02. The van der Waals surface area contributed by atoms with E-state index in [0.29, 0.717) is 5.76 Å². The lowest BCUT2D eigenvalue weighted by atomic mass is 9.87. The molecule has 2 N–H and O–H groups in total. The predicted octanol–water partition coefficient (Wildman–Crippen LogP) is 2.56. The Hall–Kier alpha value is -2.12. The topological polar surface area (TPSA) is 88.4 Å². The molecule has 0 radical (unpaired) electrons. The third kappa shape index (κ3) is 5.72. The van der Waals surface area contributed by atoms with Gasteiger partial charge in [-0.05, 0) is 35.2 Å². The number of carbonyl (C=O) groups excluding carboxylic acids is 1. The van der Waals surface area contributed by atoms with E-state index in [9.17, 15) is 13.2 Å². The van der Waals surface area contributed by atoms with Gasteiger partial charge in [-0.25, -0.2) is 13.1 Å². The maximum Gasteiger partial charge on any atom is 0.240 e. The fourth-order valence-corrected chi connectivity index (χ4v) is 3.24. The van der Waals surface area contributed by atoms with Crippen LogP contribution in [0.1, 0.15) is 38.5 Å². The molecule has 2 aromatic rings. The molecule has 136 valence electrons. The van der Waals surface area contributed by atoms with Crippen LogP contribution in [-0.4, -0.2) is 20.9 Å². The van der Waals surface area contributed by atoms with Gasteiger partial charge in [0.25, 0.3) is 0 Å². The van der Waals surface area contributed by atoms with Crippen LogP contribution in [0.4, 0.5) is 0 Å². The van der Waals surface area contributed by atoms with E-state index in [2.05, 4.69) is 30.8 Å². The monoisotopic (exact) mass is 364 g/mol. The molecule has 0 unspecified atom stereocenters. The van der Waals surface area contributed by atoms with Crippen molar-refractivity contribution in [1.82, 2.24) is 10.0 Å². The minimum absolute atomic E-state index is 0.0351. The molecule has 0 fully saturated rings. The minimum atomic E-state index is -3.62. The molecule has 2 rings (SSSR count). The van der Waals surface area contributed by atoms with Crippen LogP contribution in [0.15, 0.2) is 52.0 Å². The van der Waals surface area contributed by atoms with Crippen LogP contribution in [0.2, 0.25) is 0 Å². The quantitative estimate of drug-likeness (QED) is 0.790. The van der Waals surface area contributed by atoms with E-state index >= 15 is 0 Å². The second kappa shape index (κ2) is 7.84. The summed E-state index contributed by atoms with van der Waals surface area (Å²) in [6, 6.07) is 10.3. The molecule has 0 atom stereocenters. The van der Waals surface area contributed by atoms with Gasteiger partial charge in [0.1, 0.15) is 5.76 Å². The molecule has 0 aliphatic carbocycles. The highest BCUT2D eigenvalue weighted by Crippen LogP contribution is 2.23. The van der Waals surface area contributed by atoms with E-state index in [1.807, 2.05) is 12.1 Å². The second-order valence-corrected chi connectivity index (χ2v) is 8.55. The number of furan rings is 1. The lowest BCUT2D eigenvalue weighted by molar-refractivity contribution is -0.121. The molecular weight excluding hydrogens is 340 g/mol. The van der Waals surface area contributed by atoms with Crippen molar-refractivity contribution in [3.63, 3.8) is 0 Å². The molecule has 1 aromatic heterocycles. The second-order valence-electron chi connectivity index (χ2n) is 6.78. The standard InChI is InChI=1S/C18H24N2O4S/c1-18(2,3)14-6-8-16(9-7-14)25(22,23)20-11-10-17(21)19-13-15-5-4-12-24-15/h4-9,12,20H,10-11,13H2,1-3H3,(H,19,21). The summed E-state index contributed by atoms with van der Waals surface area (Å²) in [4.78, 5) is 11.9. The first-order valence-corrected chi connectivity index (χ1v) is 9.56. The van der Waals surface area contributed by atoms with E-state index in [1.54, 1.807) is 24.3 Å². The van der Waals surface area contributed by atoms with Gasteiger partial charge in [-0.1, -0.05) is 32.9 Å². The van der Waals surface area contributed by atoms with Gasteiger partial charge in [0, 0.05) is 13.0 Å². The molecule has 0 bridgehead atoms. The van der Waals surface area contributed by atoms with Gasteiger partial charge < -0.3 is 9.73 Å². The number of sulfonamides is 1. The van der Waals surface area contributed by atoms with Crippen molar-refractivity contribution >= 4 is 15.9 Å². The van der Waals surface area contributed by atoms with Crippen LogP contribution < -0.4 is 10.0 Å². The SMILES string of the molecule is CC(C)(C)c1ccc(S(=O)(=O)NCCC(=O)NCc2ccco2)cc1. The lowest BCUT2D eigenvalue weighted by Crippen LogP contribution is -2.30. The van der Waals surface area contributed by atoms with Gasteiger partial charge in [0.05, 0.1) is 17.7 Å². The van der Waals surface area contributed by atoms with Crippen molar-refractivity contribution in [3.05, 3.63) is 54.0 Å². The highest BCUT2D eigenvalue weighted by atomic mass is 32.2. The van der Waals surface area contributed by atoms with Crippen molar-refractivity contribution in [2.75, 3.05) is 6.54 Å². The van der Waals surface area contributed by atoms with E-state index in [-0.39, 0.29) is 35.7 Å². The number of rotatable bonds is 7. The zero-order valence-electron chi connectivity index (χ0n) is 14.7. The largest absolute Gasteiger partial charge is 0.467 e. The molecule has 0 spiro atoms. The maximum absolute atomic E-state index is 12.3. The van der Waals surface area contributed by atoms with Gasteiger partial charge in [-0.3, -0.25) is 4.79 Å². The molecule has 6 nitrogen and oxygen atoms in total. The molecule has 0 saturated carbocycles. The highest BCUT2D eigenvalue weighted by molar-refractivity contribution is 7.89. The number of carbonyl (C=O) groups is 1. The molecule has 0 aliphatic heterocycles. The van der Waals surface area contributed by atoms with Crippen LogP contribution in [-0.2, 0) is 26.8 Å². The summed E-state index contributed by atoms with van der Waals surface area (Å²) in [7, 11) is -3.62. The van der Waals surface area contributed by atoms with Crippen molar-refractivity contribution in [2.45, 2.75) is 44.0 Å². The molecule has 7 heteroatoms. The predicted molar refractivity (Wildman–Crippen MR) is 95.5 cm³/mol. The molecule has 0 aliphatic rings. The fraction of sp³-hybridized carbons (Fsp3) is 0.389. The van der Waals surface area contributed by atoms with E-state index in [4.69, 9.17) is 4.42 Å². The minimum Gasteiger partial charge on any atom is -0.467 e. The van der Waals surface area contributed by atoms with Crippen LogP contribution in [0.3, 0.4) is 0 Å². The average molecular weight is 364 g/mol. The summed E-state index contributed by atoms with van der Waals surface area (Å²) in [5, 5.41) is 2.67. The zero-order valence-corrected chi connectivity index (χ0v) is 15.5. The normalized spacial score (nSPS) is 12.1. The van der Waals surface area contributed by atoms with Crippen LogP contribution in [0.25, 0.3) is 0 Å². The Morgan fingerprint density at radius 2 is 1.80 bits per heavy atom. The summed E-state index contributed by atoms with van der Waals surface area (Å²) in [6.07, 6.45) is 1.58. The first-order chi connectivity index (χ1) is 11.7. The van der Waals surface area contributed by atoms with E-state index in [1.165, 1.54) is 6.26 Å². The molecule has 1 aromatic carbocycles. The Morgan fingerprint density at radius 1 is 1.12 bits per heavy atom. The maximum atomic E-state index is 12.3. The van der Waals surface area contributed by atoms with Crippen molar-refractivity contribution in [2.24, 2.45) is 0 Å². The zero-order chi connectivity index (χ0) is 18.5. The summed E-state index contributed by atoms with van der Waals surface area (Å²) in [5.41, 5.74) is 1.02. The molecular formula is C18H24N2O4S. The number of amides is 1. The molecule has 1 heterocycles. The van der Waals surface area contributed by atoms with Crippen LogP contribution in [0.5, 0.6) is 0 Å². The lowest BCUT2D eigenvalue weighted by Gasteiger charge is -2.19. The summed E-state index contributed by atoms with van der Waals surface area (Å²) in [5.74, 6) is 0.398. The number of hydrogen-bond acceptors (Lipinski definition) is 4. The molecule has 1 amide bonds.